The molecule has 0 aliphatic carbocycles. The first-order chi connectivity index (χ1) is 10.2. The minimum atomic E-state index is 0.185. The summed E-state index contributed by atoms with van der Waals surface area (Å²) in [4.78, 5) is 13.1. The van der Waals surface area contributed by atoms with Gasteiger partial charge in [-0.3, -0.25) is 4.79 Å². The normalized spacial score (nSPS) is 12.1. The number of amides is 1. The number of hydrogen-bond acceptors (Lipinski definition) is 2. The lowest BCUT2D eigenvalue weighted by Gasteiger charge is -2.15. The van der Waals surface area contributed by atoms with Gasteiger partial charge in [-0.2, -0.15) is 0 Å². The quantitative estimate of drug-likeness (QED) is 0.628. The summed E-state index contributed by atoms with van der Waals surface area (Å²) in [5.41, 5.74) is 1.27. The van der Waals surface area contributed by atoms with E-state index in [1.165, 1.54) is 29.7 Å². The Hall–Kier alpha value is -0.960. The second-order valence-electron chi connectivity index (χ2n) is 5.63. The van der Waals surface area contributed by atoms with Crippen LogP contribution in [0.1, 0.15) is 51.5 Å². The molecule has 2 nitrogen and oxygen atoms in total. The molecule has 0 aliphatic heterocycles. The maximum absolute atomic E-state index is 11.9. The van der Waals surface area contributed by atoms with E-state index in [9.17, 15) is 4.79 Å². The van der Waals surface area contributed by atoms with Crippen LogP contribution in [-0.4, -0.2) is 18.2 Å². The van der Waals surface area contributed by atoms with E-state index in [-0.39, 0.29) is 5.91 Å². The standard InChI is InChI=1S/C18H29NOS/c1-4-6-7-16(5-2)14-19-18(20)12-13-21-17-10-8-15(3)9-11-17/h8-11,16H,4-7,12-14H2,1-3H3,(H,19,20)/t16-/m0/s1. The van der Waals surface area contributed by atoms with Gasteiger partial charge in [0.1, 0.15) is 0 Å². The van der Waals surface area contributed by atoms with Gasteiger partial charge in [0.15, 0.2) is 0 Å². The number of aryl methyl sites for hydroxylation is 1. The van der Waals surface area contributed by atoms with Crippen LogP contribution in [0.25, 0.3) is 0 Å². The molecule has 21 heavy (non-hydrogen) atoms. The molecule has 0 unspecified atom stereocenters. The summed E-state index contributed by atoms with van der Waals surface area (Å²) in [6, 6.07) is 8.47. The van der Waals surface area contributed by atoms with Gasteiger partial charge in [0, 0.05) is 23.6 Å². The van der Waals surface area contributed by atoms with Crippen molar-refractivity contribution in [1.29, 1.82) is 0 Å². The molecule has 0 aromatic heterocycles. The summed E-state index contributed by atoms with van der Waals surface area (Å²) in [6.45, 7) is 7.35. The molecule has 0 saturated carbocycles. The summed E-state index contributed by atoms with van der Waals surface area (Å²) in [5.74, 6) is 1.67. The monoisotopic (exact) mass is 307 g/mol. The number of benzene rings is 1. The zero-order valence-electron chi connectivity index (χ0n) is 13.7. The number of hydrogen-bond donors (Lipinski definition) is 1. The summed E-state index contributed by atoms with van der Waals surface area (Å²) >= 11 is 1.75. The van der Waals surface area contributed by atoms with Crippen molar-refractivity contribution in [1.82, 2.24) is 5.32 Å². The molecule has 1 aromatic rings. The topological polar surface area (TPSA) is 29.1 Å². The average Bonchev–Trinajstić information content (AvgIpc) is 2.49. The van der Waals surface area contributed by atoms with Crippen molar-refractivity contribution in [2.45, 2.75) is 57.8 Å². The van der Waals surface area contributed by atoms with Crippen molar-refractivity contribution in [2.24, 2.45) is 5.92 Å². The highest BCUT2D eigenvalue weighted by molar-refractivity contribution is 7.99. The minimum absolute atomic E-state index is 0.185. The van der Waals surface area contributed by atoms with Gasteiger partial charge >= 0.3 is 0 Å². The van der Waals surface area contributed by atoms with Crippen LogP contribution in [0.5, 0.6) is 0 Å². The van der Waals surface area contributed by atoms with Crippen molar-refractivity contribution < 1.29 is 4.79 Å². The molecule has 0 radical (unpaired) electrons. The number of unbranched alkanes of at least 4 members (excludes halogenated alkanes) is 1. The molecule has 1 N–H and O–H groups in total. The summed E-state index contributed by atoms with van der Waals surface area (Å²) in [7, 11) is 0. The predicted molar refractivity (Wildman–Crippen MR) is 92.8 cm³/mol. The molecular weight excluding hydrogens is 278 g/mol. The zero-order chi connectivity index (χ0) is 15.5. The molecule has 0 spiro atoms. The van der Waals surface area contributed by atoms with E-state index in [0.29, 0.717) is 12.3 Å². The van der Waals surface area contributed by atoms with Crippen LogP contribution in [0, 0.1) is 12.8 Å². The maximum atomic E-state index is 11.9. The molecule has 1 aromatic carbocycles. The largest absolute Gasteiger partial charge is 0.356 e. The highest BCUT2D eigenvalue weighted by Gasteiger charge is 2.08. The van der Waals surface area contributed by atoms with E-state index in [1.807, 2.05) is 0 Å². The first kappa shape index (κ1) is 18.1. The molecular formula is C18H29NOS. The van der Waals surface area contributed by atoms with Crippen molar-refractivity contribution in [3.05, 3.63) is 29.8 Å². The van der Waals surface area contributed by atoms with Gasteiger partial charge in [-0.05, 0) is 31.4 Å². The number of rotatable bonds is 10. The smallest absolute Gasteiger partial charge is 0.220 e. The number of carbonyl (C=O) groups is 1. The average molecular weight is 308 g/mol. The van der Waals surface area contributed by atoms with E-state index in [1.54, 1.807) is 11.8 Å². The first-order valence-electron chi connectivity index (χ1n) is 8.11. The fourth-order valence-electron chi connectivity index (χ4n) is 2.19. The summed E-state index contributed by atoms with van der Waals surface area (Å²) < 4.78 is 0. The van der Waals surface area contributed by atoms with Gasteiger partial charge in [0.25, 0.3) is 0 Å². The fourth-order valence-corrected chi connectivity index (χ4v) is 3.04. The Kier molecular flexibility index (Phi) is 9.24. The predicted octanol–water partition coefficient (Wildman–Crippen LogP) is 4.81. The third-order valence-corrected chi connectivity index (χ3v) is 4.76. The van der Waals surface area contributed by atoms with E-state index in [0.717, 1.165) is 18.7 Å². The summed E-state index contributed by atoms with van der Waals surface area (Å²) in [6.07, 6.45) is 5.47. The van der Waals surface area contributed by atoms with Gasteiger partial charge in [-0.25, -0.2) is 0 Å². The van der Waals surface area contributed by atoms with Crippen LogP contribution in [0.15, 0.2) is 29.2 Å². The lowest BCUT2D eigenvalue weighted by Crippen LogP contribution is -2.29. The highest BCUT2D eigenvalue weighted by atomic mass is 32.2. The Morgan fingerprint density at radius 3 is 2.57 bits per heavy atom. The Balaban J connectivity index is 2.17. The van der Waals surface area contributed by atoms with Gasteiger partial charge in [0.2, 0.25) is 5.91 Å². The van der Waals surface area contributed by atoms with E-state index < -0.39 is 0 Å². The molecule has 1 rings (SSSR count). The lowest BCUT2D eigenvalue weighted by atomic mass is 9.99. The highest BCUT2D eigenvalue weighted by Crippen LogP contribution is 2.19. The Labute approximate surface area is 134 Å². The Bertz CT molecular complexity index is 402. The van der Waals surface area contributed by atoms with E-state index in [2.05, 4.69) is 50.4 Å². The third kappa shape index (κ3) is 8.15. The second-order valence-corrected chi connectivity index (χ2v) is 6.80. The molecule has 0 heterocycles. The molecule has 1 atom stereocenters. The molecule has 1 amide bonds. The number of thioether (sulfide) groups is 1. The number of carbonyl (C=O) groups excluding carboxylic acids is 1. The third-order valence-electron chi connectivity index (χ3n) is 3.75. The van der Waals surface area contributed by atoms with Gasteiger partial charge in [-0.15, -0.1) is 11.8 Å². The Morgan fingerprint density at radius 1 is 1.24 bits per heavy atom. The first-order valence-corrected chi connectivity index (χ1v) is 9.10. The van der Waals surface area contributed by atoms with Crippen LogP contribution in [-0.2, 0) is 4.79 Å². The van der Waals surface area contributed by atoms with Gasteiger partial charge in [0.05, 0.1) is 0 Å². The van der Waals surface area contributed by atoms with E-state index in [4.69, 9.17) is 0 Å². The van der Waals surface area contributed by atoms with Crippen molar-refractivity contribution in [3.8, 4) is 0 Å². The minimum Gasteiger partial charge on any atom is -0.356 e. The van der Waals surface area contributed by atoms with Crippen molar-refractivity contribution in [2.75, 3.05) is 12.3 Å². The molecule has 0 aliphatic rings. The SMILES string of the molecule is CCCC[C@H](CC)CNC(=O)CCSc1ccc(C)cc1. The van der Waals surface area contributed by atoms with Crippen molar-refractivity contribution >= 4 is 17.7 Å². The zero-order valence-corrected chi connectivity index (χ0v) is 14.5. The molecule has 118 valence electrons. The molecule has 0 saturated heterocycles. The molecule has 0 bridgehead atoms. The Morgan fingerprint density at radius 2 is 1.95 bits per heavy atom. The van der Waals surface area contributed by atoms with Gasteiger partial charge < -0.3 is 5.32 Å². The molecule has 3 heteroatoms. The van der Waals surface area contributed by atoms with Gasteiger partial charge in [-0.1, -0.05) is 50.8 Å². The van der Waals surface area contributed by atoms with E-state index >= 15 is 0 Å². The van der Waals surface area contributed by atoms with Crippen LogP contribution < -0.4 is 5.32 Å². The number of nitrogens with one attached hydrogen (secondary N) is 1. The van der Waals surface area contributed by atoms with Crippen molar-refractivity contribution in [3.63, 3.8) is 0 Å². The van der Waals surface area contributed by atoms with Crippen LogP contribution in [0.4, 0.5) is 0 Å². The lowest BCUT2D eigenvalue weighted by molar-refractivity contribution is -0.120. The summed E-state index contributed by atoms with van der Waals surface area (Å²) in [5, 5.41) is 3.09. The molecule has 0 fully saturated rings. The second kappa shape index (κ2) is 10.7. The van der Waals surface area contributed by atoms with Crippen LogP contribution in [0.2, 0.25) is 0 Å². The maximum Gasteiger partial charge on any atom is 0.220 e. The van der Waals surface area contributed by atoms with Crippen LogP contribution in [0.3, 0.4) is 0 Å². The van der Waals surface area contributed by atoms with Crippen LogP contribution >= 0.6 is 11.8 Å². The fraction of sp³-hybridized carbons (Fsp3) is 0.611.